The number of hydrogen-bond donors (Lipinski definition) is 2. The van der Waals surface area contributed by atoms with Crippen LogP contribution in [0.1, 0.15) is 31.4 Å². The zero-order valence-corrected chi connectivity index (χ0v) is 11.6. The molecule has 5 heteroatoms. The normalized spacial score (nSPS) is 27.1. The second-order valence-electron chi connectivity index (χ2n) is 5.75. The number of halogens is 1. The standard InChI is InChI=1S/C15H20FN3O/c1-9(17)10-4-5-13(12(16)7-10)19-6-2-3-11-14(19)8-18-15(11)20/h4-5,7,9,11,14H,2-3,6,8,17H2,1H3,(H,18,20)/t9-,11?,14?/m1/s1. The molecule has 0 bridgehead atoms. The summed E-state index contributed by atoms with van der Waals surface area (Å²) in [5, 5.41) is 2.89. The molecule has 0 aromatic heterocycles. The van der Waals surface area contributed by atoms with E-state index in [1.54, 1.807) is 6.07 Å². The molecule has 0 spiro atoms. The smallest absolute Gasteiger partial charge is 0.225 e. The minimum Gasteiger partial charge on any atom is -0.364 e. The SMILES string of the molecule is C[C@@H](N)c1ccc(N2CCCC3C(=O)NCC32)c(F)c1. The van der Waals surface area contributed by atoms with Crippen molar-refractivity contribution in [1.29, 1.82) is 0 Å². The van der Waals surface area contributed by atoms with E-state index >= 15 is 0 Å². The number of carbonyl (C=O) groups excluding carboxylic acids is 1. The van der Waals surface area contributed by atoms with Crippen LogP contribution in [0, 0.1) is 11.7 Å². The fourth-order valence-electron chi connectivity index (χ4n) is 3.29. The van der Waals surface area contributed by atoms with Gasteiger partial charge >= 0.3 is 0 Å². The molecule has 0 radical (unpaired) electrons. The van der Waals surface area contributed by atoms with Gasteiger partial charge in [0.05, 0.1) is 17.6 Å². The number of nitrogens with two attached hydrogens (primary N) is 1. The van der Waals surface area contributed by atoms with Crippen molar-refractivity contribution in [2.75, 3.05) is 18.0 Å². The summed E-state index contributed by atoms with van der Waals surface area (Å²) in [5.74, 6) is -0.150. The van der Waals surface area contributed by atoms with E-state index in [-0.39, 0.29) is 29.7 Å². The van der Waals surface area contributed by atoms with Gasteiger partial charge in [-0.25, -0.2) is 4.39 Å². The van der Waals surface area contributed by atoms with Crippen LogP contribution < -0.4 is 16.0 Å². The van der Waals surface area contributed by atoms with Gasteiger partial charge in [0, 0.05) is 19.1 Å². The van der Waals surface area contributed by atoms with Crippen molar-refractivity contribution < 1.29 is 9.18 Å². The van der Waals surface area contributed by atoms with Gasteiger partial charge in [0.15, 0.2) is 0 Å². The van der Waals surface area contributed by atoms with Crippen LogP contribution in [0.15, 0.2) is 18.2 Å². The molecule has 3 N–H and O–H groups in total. The maximum atomic E-state index is 14.3. The van der Waals surface area contributed by atoms with E-state index in [9.17, 15) is 9.18 Å². The second kappa shape index (κ2) is 5.05. The fraction of sp³-hybridized carbons (Fsp3) is 0.533. The lowest BCUT2D eigenvalue weighted by atomic mass is 9.91. The monoisotopic (exact) mass is 277 g/mol. The first-order valence-electron chi connectivity index (χ1n) is 7.17. The first kappa shape index (κ1) is 13.4. The minimum atomic E-state index is -0.250. The van der Waals surface area contributed by atoms with Gasteiger partial charge in [0.25, 0.3) is 0 Å². The predicted octanol–water partition coefficient (Wildman–Crippen LogP) is 1.56. The van der Waals surface area contributed by atoms with Crippen LogP contribution in [0.2, 0.25) is 0 Å². The van der Waals surface area contributed by atoms with Gasteiger partial charge in [-0.2, -0.15) is 0 Å². The summed E-state index contributed by atoms with van der Waals surface area (Å²) in [6.45, 7) is 3.24. The predicted molar refractivity (Wildman–Crippen MR) is 75.9 cm³/mol. The molecule has 2 aliphatic rings. The van der Waals surface area contributed by atoms with Crippen LogP contribution in [0.25, 0.3) is 0 Å². The Hall–Kier alpha value is -1.62. The van der Waals surface area contributed by atoms with Gasteiger partial charge in [-0.05, 0) is 37.5 Å². The Morgan fingerprint density at radius 2 is 2.30 bits per heavy atom. The van der Waals surface area contributed by atoms with E-state index in [4.69, 9.17) is 5.73 Å². The molecule has 3 rings (SSSR count). The number of amides is 1. The molecule has 0 aliphatic carbocycles. The van der Waals surface area contributed by atoms with Crippen LogP contribution in [-0.2, 0) is 4.79 Å². The number of carbonyl (C=O) groups is 1. The highest BCUT2D eigenvalue weighted by molar-refractivity contribution is 5.83. The van der Waals surface area contributed by atoms with E-state index in [1.165, 1.54) is 6.07 Å². The summed E-state index contributed by atoms with van der Waals surface area (Å²) in [6.07, 6.45) is 1.82. The molecule has 20 heavy (non-hydrogen) atoms. The number of nitrogens with one attached hydrogen (secondary N) is 1. The maximum Gasteiger partial charge on any atom is 0.225 e. The topological polar surface area (TPSA) is 58.4 Å². The molecule has 1 aromatic rings. The van der Waals surface area contributed by atoms with Crippen LogP contribution in [0.3, 0.4) is 0 Å². The van der Waals surface area contributed by atoms with Gasteiger partial charge < -0.3 is 16.0 Å². The number of fused-ring (bicyclic) bond motifs is 1. The zero-order chi connectivity index (χ0) is 14.3. The number of piperidine rings is 1. The summed E-state index contributed by atoms with van der Waals surface area (Å²) in [6, 6.07) is 5.07. The summed E-state index contributed by atoms with van der Waals surface area (Å²) < 4.78 is 14.3. The van der Waals surface area contributed by atoms with Gasteiger partial charge in [0.1, 0.15) is 5.82 Å². The van der Waals surface area contributed by atoms with Crippen molar-refractivity contribution in [1.82, 2.24) is 5.32 Å². The number of hydrogen-bond acceptors (Lipinski definition) is 3. The van der Waals surface area contributed by atoms with Crippen molar-refractivity contribution in [2.45, 2.75) is 31.8 Å². The summed E-state index contributed by atoms with van der Waals surface area (Å²) in [5.41, 5.74) is 7.16. The van der Waals surface area contributed by atoms with Gasteiger partial charge in [-0.15, -0.1) is 0 Å². The van der Waals surface area contributed by atoms with Crippen molar-refractivity contribution in [3.8, 4) is 0 Å². The highest BCUT2D eigenvalue weighted by atomic mass is 19.1. The molecule has 108 valence electrons. The molecule has 2 heterocycles. The number of benzene rings is 1. The first-order chi connectivity index (χ1) is 9.58. The molecule has 1 amide bonds. The summed E-state index contributed by atoms with van der Waals surface area (Å²) in [4.78, 5) is 13.8. The highest BCUT2D eigenvalue weighted by Gasteiger charge is 2.41. The van der Waals surface area contributed by atoms with E-state index in [2.05, 4.69) is 5.32 Å². The number of rotatable bonds is 2. The Bertz CT molecular complexity index is 532. The molecule has 4 nitrogen and oxygen atoms in total. The average Bonchev–Trinajstić information content (AvgIpc) is 2.81. The van der Waals surface area contributed by atoms with Crippen molar-refractivity contribution in [2.24, 2.45) is 11.7 Å². The molecule has 1 aromatic carbocycles. The average molecular weight is 277 g/mol. The van der Waals surface area contributed by atoms with Gasteiger partial charge in [-0.1, -0.05) is 6.07 Å². The number of anilines is 1. The maximum absolute atomic E-state index is 14.3. The van der Waals surface area contributed by atoms with Crippen LogP contribution in [0.5, 0.6) is 0 Å². The highest BCUT2D eigenvalue weighted by Crippen LogP contribution is 2.33. The van der Waals surface area contributed by atoms with Crippen LogP contribution in [-0.4, -0.2) is 25.0 Å². The third-order valence-electron chi connectivity index (χ3n) is 4.41. The third-order valence-corrected chi connectivity index (χ3v) is 4.41. The zero-order valence-electron chi connectivity index (χ0n) is 11.6. The van der Waals surface area contributed by atoms with Crippen LogP contribution in [0.4, 0.5) is 10.1 Å². The molecule has 0 saturated carbocycles. The summed E-state index contributed by atoms with van der Waals surface area (Å²) in [7, 11) is 0. The molecule has 2 saturated heterocycles. The molecule has 2 fully saturated rings. The van der Waals surface area contributed by atoms with E-state index < -0.39 is 0 Å². The third kappa shape index (κ3) is 2.16. The lowest BCUT2D eigenvalue weighted by molar-refractivity contribution is -0.123. The van der Waals surface area contributed by atoms with Crippen molar-refractivity contribution in [3.63, 3.8) is 0 Å². The Morgan fingerprint density at radius 1 is 1.50 bits per heavy atom. The molecular weight excluding hydrogens is 257 g/mol. The summed E-state index contributed by atoms with van der Waals surface area (Å²) >= 11 is 0. The van der Waals surface area contributed by atoms with E-state index in [1.807, 2.05) is 17.9 Å². The molecular formula is C15H20FN3O. The fourth-order valence-corrected chi connectivity index (χ4v) is 3.29. The lowest BCUT2D eigenvalue weighted by Gasteiger charge is -2.38. The van der Waals surface area contributed by atoms with Gasteiger partial charge in [0.2, 0.25) is 5.91 Å². The van der Waals surface area contributed by atoms with Crippen molar-refractivity contribution >= 4 is 11.6 Å². The number of nitrogens with zero attached hydrogens (tertiary/aromatic N) is 1. The minimum absolute atomic E-state index is 0.00346. The van der Waals surface area contributed by atoms with E-state index in [0.717, 1.165) is 24.9 Å². The van der Waals surface area contributed by atoms with Crippen LogP contribution >= 0.6 is 0 Å². The Labute approximate surface area is 118 Å². The second-order valence-corrected chi connectivity index (χ2v) is 5.75. The molecule has 2 unspecified atom stereocenters. The largest absolute Gasteiger partial charge is 0.364 e. The Balaban J connectivity index is 1.90. The first-order valence-corrected chi connectivity index (χ1v) is 7.17. The van der Waals surface area contributed by atoms with Gasteiger partial charge in [-0.3, -0.25) is 4.79 Å². The van der Waals surface area contributed by atoms with Crippen molar-refractivity contribution in [3.05, 3.63) is 29.6 Å². The van der Waals surface area contributed by atoms with E-state index in [0.29, 0.717) is 12.2 Å². The molecule has 3 atom stereocenters. The Kier molecular flexibility index (Phi) is 3.38. The lowest BCUT2D eigenvalue weighted by Crippen LogP contribution is -2.46. The quantitative estimate of drug-likeness (QED) is 0.862. The molecule has 2 aliphatic heterocycles. The Morgan fingerprint density at radius 3 is 3.00 bits per heavy atom.